The molecule has 14 nitrogen and oxygen atoms in total. The van der Waals surface area contributed by atoms with Gasteiger partial charge in [-0.3, -0.25) is 9.59 Å². The van der Waals surface area contributed by atoms with Crippen LogP contribution in [0.25, 0.3) is 44.5 Å². The van der Waals surface area contributed by atoms with E-state index >= 15 is 0 Å². The van der Waals surface area contributed by atoms with Gasteiger partial charge in [0.15, 0.2) is 0 Å². The fraction of sp³-hybridized carbons (Fsp3) is 0.451. The van der Waals surface area contributed by atoms with E-state index in [0.717, 1.165) is 52.9 Å². The zero-order valence-corrected chi connectivity index (χ0v) is 38.4. The molecule has 340 valence electrons. The predicted molar refractivity (Wildman–Crippen MR) is 248 cm³/mol. The number of likely N-dealkylation sites (tertiary alicyclic amines) is 2. The van der Waals surface area contributed by atoms with Crippen LogP contribution in [-0.2, 0) is 25.5 Å². The lowest BCUT2D eigenvalue weighted by Crippen LogP contribution is -2.51. The van der Waals surface area contributed by atoms with Crippen LogP contribution in [0.3, 0.4) is 0 Å². The average Bonchev–Trinajstić information content (AvgIpc) is 4.13. The molecule has 14 heteroatoms. The van der Waals surface area contributed by atoms with Gasteiger partial charge in [0.25, 0.3) is 0 Å². The zero-order valence-electron chi connectivity index (χ0n) is 38.4. The summed E-state index contributed by atoms with van der Waals surface area (Å²) in [7, 11) is 2.58. The maximum Gasteiger partial charge on any atom is 0.407 e. The van der Waals surface area contributed by atoms with E-state index in [1.54, 1.807) is 11.8 Å². The number of ether oxygens (including phenoxy) is 2. The molecular weight excluding hydrogens is 821 g/mol. The molecule has 2 aliphatic heterocycles. The summed E-state index contributed by atoms with van der Waals surface area (Å²) in [6.45, 7) is 14.9. The van der Waals surface area contributed by atoms with Crippen molar-refractivity contribution in [1.82, 2.24) is 40.4 Å². The third kappa shape index (κ3) is 8.16. The molecule has 0 radical (unpaired) electrons. The van der Waals surface area contributed by atoms with Gasteiger partial charge in [0.2, 0.25) is 11.8 Å². The molecule has 3 aromatic carbocycles. The number of amides is 4. The highest BCUT2D eigenvalue weighted by atomic mass is 16.5. The maximum atomic E-state index is 13.9. The van der Waals surface area contributed by atoms with Gasteiger partial charge in [0, 0.05) is 13.1 Å². The number of hydrogen-bond acceptors (Lipinski definition) is 8. The molecule has 4 N–H and O–H groups in total. The quantitative estimate of drug-likeness (QED) is 0.0953. The van der Waals surface area contributed by atoms with Crippen LogP contribution < -0.4 is 10.6 Å². The third-order valence-corrected chi connectivity index (χ3v) is 14.3. The number of H-pyrrole nitrogens is 2. The van der Waals surface area contributed by atoms with Crippen molar-refractivity contribution in [3.05, 3.63) is 95.7 Å². The van der Waals surface area contributed by atoms with E-state index in [0.29, 0.717) is 36.3 Å². The molecule has 4 aliphatic rings. The molecule has 0 spiro atoms. The first kappa shape index (κ1) is 43.8. The molecule has 2 aromatic heterocycles. The molecule has 2 saturated heterocycles. The number of carbonyl (C=O) groups excluding carboxylic acids is 4. The van der Waals surface area contributed by atoms with Crippen LogP contribution >= 0.6 is 0 Å². The SMILES string of the molecule is C=C(C)[C@H](NC(=O)OC)C(=O)N1C[C@@H](C)C[C@H]1c1ncc(-c2ccc(-c3ccc(-c4ccc5nc([C@@H]6C[C@H](C)CN6C(=O)[C@@H](NC(=O)OC)C(C)C)[nH]c5c4)c4c3C3CCC3C4)cc2)[nH]1. The van der Waals surface area contributed by atoms with E-state index in [4.69, 9.17) is 19.4 Å². The molecule has 0 bridgehead atoms. The fourth-order valence-electron chi connectivity index (χ4n) is 10.8. The summed E-state index contributed by atoms with van der Waals surface area (Å²) < 4.78 is 9.61. The number of imidazole rings is 2. The minimum absolute atomic E-state index is 0.115. The smallest absolute Gasteiger partial charge is 0.407 e. The van der Waals surface area contributed by atoms with Crippen LogP contribution in [0, 0.1) is 23.7 Å². The van der Waals surface area contributed by atoms with E-state index in [-0.39, 0.29) is 41.7 Å². The third-order valence-electron chi connectivity index (χ3n) is 14.3. The largest absolute Gasteiger partial charge is 0.453 e. The van der Waals surface area contributed by atoms with Gasteiger partial charge < -0.3 is 39.9 Å². The lowest BCUT2D eigenvalue weighted by Gasteiger charge is -2.31. The number of rotatable bonds is 11. The van der Waals surface area contributed by atoms with E-state index in [2.05, 4.69) is 95.6 Å². The molecule has 3 fully saturated rings. The Bertz CT molecular complexity index is 2670. The summed E-state index contributed by atoms with van der Waals surface area (Å²) in [6.07, 6.45) is 5.55. The second kappa shape index (κ2) is 17.5. The second-order valence-electron chi connectivity index (χ2n) is 19.3. The van der Waals surface area contributed by atoms with Crippen LogP contribution in [0.1, 0.15) is 101 Å². The van der Waals surface area contributed by atoms with Gasteiger partial charge in [-0.1, -0.05) is 76.7 Å². The molecule has 4 amide bonds. The van der Waals surface area contributed by atoms with E-state index in [9.17, 15) is 19.2 Å². The molecule has 65 heavy (non-hydrogen) atoms. The predicted octanol–water partition coefficient (Wildman–Crippen LogP) is 8.84. The number of fused-ring (bicyclic) bond motifs is 4. The highest BCUT2D eigenvalue weighted by Crippen LogP contribution is 2.56. The summed E-state index contributed by atoms with van der Waals surface area (Å²) in [5.41, 5.74) is 11.9. The van der Waals surface area contributed by atoms with Gasteiger partial charge in [-0.05, 0) is 125 Å². The van der Waals surface area contributed by atoms with Crippen molar-refractivity contribution in [2.75, 3.05) is 27.3 Å². The second-order valence-corrected chi connectivity index (χ2v) is 19.3. The Morgan fingerprint density at radius 2 is 1.42 bits per heavy atom. The first-order valence-corrected chi connectivity index (χ1v) is 23.0. The summed E-state index contributed by atoms with van der Waals surface area (Å²) in [5, 5.41) is 5.39. The number of aromatic amines is 2. The van der Waals surface area contributed by atoms with Crippen molar-refractivity contribution in [2.45, 2.75) is 96.8 Å². The van der Waals surface area contributed by atoms with Gasteiger partial charge in [0.05, 0.1) is 49.2 Å². The zero-order chi connectivity index (χ0) is 45.8. The number of benzene rings is 3. The summed E-state index contributed by atoms with van der Waals surface area (Å²) in [6, 6.07) is 17.6. The van der Waals surface area contributed by atoms with Gasteiger partial charge >= 0.3 is 12.2 Å². The molecule has 9 rings (SSSR count). The Balaban J connectivity index is 0.958. The molecule has 5 aromatic rings. The van der Waals surface area contributed by atoms with Crippen molar-refractivity contribution in [3.8, 4) is 33.5 Å². The number of nitrogens with zero attached hydrogens (tertiary/aromatic N) is 4. The van der Waals surface area contributed by atoms with Crippen molar-refractivity contribution >= 4 is 35.0 Å². The molecule has 8 atom stereocenters. The van der Waals surface area contributed by atoms with Crippen LogP contribution in [0.15, 0.2) is 72.9 Å². The summed E-state index contributed by atoms with van der Waals surface area (Å²) >= 11 is 0. The van der Waals surface area contributed by atoms with Gasteiger partial charge in [0.1, 0.15) is 23.7 Å². The van der Waals surface area contributed by atoms with Crippen LogP contribution in [0.4, 0.5) is 9.59 Å². The van der Waals surface area contributed by atoms with Gasteiger partial charge in [-0.15, -0.1) is 0 Å². The fourth-order valence-corrected chi connectivity index (χ4v) is 10.8. The Labute approximate surface area is 380 Å². The Morgan fingerprint density at radius 3 is 2.06 bits per heavy atom. The molecule has 2 unspecified atom stereocenters. The minimum Gasteiger partial charge on any atom is -0.453 e. The number of methoxy groups -OCH3 is 2. The van der Waals surface area contributed by atoms with Crippen molar-refractivity contribution in [2.24, 2.45) is 23.7 Å². The first-order valence-electron chi connectivity index (χ1n) is 23.0. The Morgan fingerprint density at radius 1 is 0.785 bits per heavy atom. The molecule has 4 heterocycles. The topological polar surface area (TPSA) is 175 Å². The number of aromatic nitrogens is 4. The number of alkyl carbamates (subject to hydrolysis) is 2. The van der Waals surface area contributed by atoms with Crippen molar-refractivity contribution < 1.29 is 28.7 Å². The number of nitrogens with one attached hydrogen (secondary N) is 4. The lowest BCUT2D eigenvalue weighted by atomic mass is 9.73. The van der Waals surface area contributed by atoms with Crippen molar-refractivity contribution in [1.29, 1.82) is 0 Å². The maximum absolute atomic E-state index is 13.9. The van der Waals surface area contributed by atoms with E-state index in [1.807, 2.05) is 24.9 Å². The number of carbonyl (C=O) groups is 4. The van der Waals surface area contributed by atoms with Crippen LogP contribution in [0.5, 0.6) is 0 Å². The van der Waals surface area contributed by atoms with Gasteiger partial charge in [-0.2, -0.15) is 0 Å². The number of hydrogen-bond donors (Lipinski definition) is 4. The average molecular weight is 881 g/mol. The monoisotopic (exact) mass is 880 g/mol. The van der Waals surface area contributed by atoms with Crippen molar-refractivity contribution in [3.63, 3.8) is 0 Å². The summed E-state index contributed by atoms with van der Waals surface area (Å²) in [4.78, 5) is 72.5. The molecular formula is C51H60N8O6. The highest BCUT2D eigenvalue weighted by molar-refractivity contribution is 5.90. The summed E-state index contributed by atoms with van der Waals surface area (Å²) in [5.74, 6) is 2.72. The highest BCUT2D eigenvalue weighted by Gasteiger charge is 2.43. The Hall–Kier alpha value is -6.44. The lowest BCUT2D eigenvalue weighted by molar-refractivity contribution is -0.135. The minimum atomic E-state index is -0.892. The normalized spacial score (nSPS) is 23.1. The molecule has 2 aliphatic carbocycles. The van der Waals surface area contributed by atoms with Crippen LogP contribution in [-0.4, -0.2) is 93.1 Å². The molecule has 1 saturated carbocycles. The standard InChI is InChI=1S/C51H60N8O6/c1-26(2)44(56-50(62)64-7)48(60)58-24-28(5)19-41(58)46-52-23-40(55-46)31-11-9-30(10-12-31)35-17-16-34(37-21-32-13-15-36(32)43(35)37)33-14-18-38-39(22-33)54-47(53-38)42-20-29(6)25-59(42)49(61)45(27(3)4)57-51(63)65-8/h9-12,14,16-18,22-23,27-29,32,36,41-42,44-45H,1,13,15,19-21,24-25H2,2-8H3,(H,52,55)(H,53,54)(H,56,62)(H,57,63)/t28-,29-,32?,36?,41-,42-,44-,45-/m0/s1. The Kier molecular flexibility index (Phi) is 11.8. The van der Waals surface area contributed by atoms with Crippen LogP contribution in [0.2, 0.25) is 0 Å². The van der Waals surface area contributed by atoms with E-state index in [1.165, 1.54) is 54.9 Å². The van der Waals surface area contributed by atoms with Gasteiger partial charge in [-0.25, -0.2) is 19.6 Å². The first-order chi connectivity index (χ1) is 31.2. The van der Waals surface area contributed by atoms with E-state index < -0.39 is 24.3 Å².